The van der Waals surface area contributed by atoms with Crippen molar-refractivity contribution in [3.05, 3.63) is 48.6 Å². The van der Waals surface area contributed by atoms with Gasteiger partial charge in [-0.2, -0.15) is 0 Å². The molecule has 0 aliphatic heterocycles. The lowest BCUT2D eigenvalue weighted by Gasteiger charge is -2.27. The van der Waals surface area contributed by atoms with E-state index in [0.717, 1.165) is 70.6 Å². The molecule has 0 spiro atoms. The maximum atomic E-state index is 13.6. The summed E-state index contributed by atoms with van der Waals surface area (Å²) in [5.74, 6) is -0.493. The fourth-order valence-corrected chi connectivity index (χ4v) is 10.6. The fourth-order valence-electron chi connectivity index (χ4n) is 9.83. The van der Waals surface area contributed by atoms with Crippen LogP contribution in [0.3, 0.4) is 0 Å². The highest BCUT2D eigenvalue weighted by Gasteiger charge is 2.30. The van der Waals surface area contributed by atoms with Crippen LogP contribution in [0.25, 0.3) is 0 Å². The van der Waals surface area contributed by atoms with Gasteiger partial charge in [-0.3, -0.25) is 18.6 Å². The van der Waals surface area contributed by atoms with Crippen LogP contribution >= 0.6 is 7.82 Å². The first kappa shape index (κ1) is 76.0. The largest absolute Gasteiger partial charge is 0.472 e. The summed E-state index contributed by atoms with van der Waals surface area (Å²) in [7, 11) is 1.51. The van der Waals surface area contributed by atoms with Crippen LogP contribution in [0.5, 0.6) is 0 Å². The molecular weight excluding hydrogens is 988 g/mol. The standard InChI is InChI=1S/C68H129N2O7P/c1-7-10-13-16-19-22-25-28-30-31-32-33-34-35-36-37-38-39-40-42-45-48-51-54-57-60-67(71)69-65(64-76-78(73,74)75-63-62-70(4,5)6)66(59-56-53-50-47-44-41-27-24-21-18-15-12-9-3)77-68(72)61-58-55-52-49-46-43-29-26-23-20-17-14-11-8-2/h19,22,28,30,32-33,56,59,65-66H,7-18,20-21,23-27,29,31,34-55,57-58,60-64H2,1-6H3,(H-,69,71,73,74)/p+1/b22-19-,30-28-,33-32-,59-56-. The highest BCUT2D eigenvalue weighted by Crippen LogP contribution is 2.43. The minimum atomic E-state index is -4.45. The molecule has 0 aromatic rings. The van der Waals surface area contributed by atoms with E-state index in [1.54, 1.807) is 0 Å². The molecule has 0 saturated heterocycles. The SMILES string of the molecule is CCCCC/C=C\C/C=C\C/C=C\CCCCCCCCCCCCCCC(=O)NC(COP(=O)(O)OCC[N+](C)(C)C)C(/C=C\CCCCCCCCCCCCC)OC(=O)CCCCCCCCCCCCCCCC. The Bertz CT molecular complexity index is 1470. The molecule has 0 rings (SSSR count). The van der Waals surface area contributed by atoms with Crippen LogP contribution in [0.15, 0.2) is 48.6 Å². The van der Waals surface area contributed by atoms with Crippen molar-refractivity contribution in [2.45, 2.75) is 335 Å². The number of unbranched alkanes of at least 4 members (excludes halogenated alkanes) is 39. The number of quaternary nitrogens is 1. The van der Waals surface area contributed by atoms with Gasteiger partial charge in [0.1, 0.15) is 19.3 Å². The third-order valence-electron chi connectivity index (χ3n) is 15.0. The zero-order chi connectivity index (χ0) is 57.2. The molecule has 2 N–H and O–H groups in total. The quantitative estimate of drug-likeness (QED) is 0.0205. The Labute approximate surface area is 484 Å². The highest BCUT2D eigenvalue weighted by molar-refractivity contribution is 7.47. The molecule has 0 aliphatic carbocycles. The highest BCUT2D eigenvalue weighted by atomic mass is 31.2. The number of likely N-dealkylation sites (N-methyl/N-ethyl adjacent to an activating group) is 1. The van der Waals surface area contributed by atoms with Gasteiger partial charge in [0, 0.05) is 12.8 Å². The zero-order valence-electron chi connectivity index (χ0n) is 52.4. The summed E-state index contributed by atoms with van der Waals surface area (Å²) >= 11 is 0. The summed E-state index contributed by atoms with van der Waals surface area (Å²) in [5.41, 5.74) is 0. The van der Waals surface area contributed by atoms with Crippen molar-refractivity contribution < 1.29 is 37.3 Å². The van der Waals surface area contributed by atoms with Gasteiger partial charge in [-0.15, -0.1) is 0 Å². The van der Waals surface area contributed by atoms with Crippen molar-refractivity contribution in [2.24, 2.45) is 0 Å². The Hall–Kier alpha value is -2.03. The van der Waals surface area contributed by atoms with Gasteiger partial charge < -0.3 is 19.4 Å². The Morgan fingerprint density at radius 3 is 1.19 bits per heavy atom. The second kappa shape index (κ2) is 58.2. The van der Waals surface area contributed by atoms with E-state index in [1.807, 2.05) is 33.3 Å². The number of allylic oxidation sites excluding steroid dienone is 7. The minimum absolute atomic E-state index is 0.0416. The number of phosphoric acid groups is 1. The van der Waals surface area contributed by atoms with E-state index in [-0.39, 0.29) is 25.1 Å². The average Bonchev–Trinajstić information content (AvgIpc) is 3.40. The normalized spacial score (nSPS) is 13.9. The van der Waals surface area contributed by atoms with Gasteiger partial charge in [0.25, 0.3) is 0 Å². The first-order valence-corrected chi connectivity index (χ1v) is 35.0. The second-order valence-corrected chi connectivity index (χ2v) is 25.5. The molecule has 0 aliphatic rings. The van der Waals surface area contributed by atoms with Crippen molar-refractivity contribution >= 4 is 19.7 Å². The molecule has 0 aromatic heterocycles. The number of nitrogens with zero attached hydrogens (tertiary/aromatic N) is 1. The van der Waals surface area contributed by atoms with E-state index < -0.39 is 20.0 Å². The lowest BCUT2D eigenvalue weighted by molar-refractivity contribution is -0.870. The first-order chi connectivity index (χ1) is 37.9. The summed E-state index contributed by atoms with van der Waals surface area (Å²) < 4.78 is 30.8. The molecule has 78 heavy (non-hydrogen) atoms. The number of hydrogen-bond donors (Lipinski definition) is 2. The fraction of sp³-hybridized carbons (Fsp3) is 0.853. The van der Waals surface area contributed by atoms with E-state index in [0.29, 0.717) is 23.9 Å². The summed E-state index contributed by atoms with van der Waals surface area (Å²) in [5, 5.41) is 3.07. The molecule has 3 unspecified atom stereocenters. The Morgan fingerprint density at radius 2 is 0.782 bits per heavy atom. The minimum Gasteiger partial charge on any atom is -0.456 e. The van der Waals surface area contributed by atoms with Crippen molar-refractivity contribution in [2.75, 3.05) is 40.9 Å². The van der Waals surface area contributed by atoms with Crippen molar-refractivity contribution in [3.8, 4) is 0 Å². The molecule has 0 saturated carbocycles. The van der Waals surface area contributed by atoms with E-state index in [4.69, 9.17) is 13.8 Å². The van der Waals surface area contributed by atoms with Crippen LogP contribution in [-0.2, 0) is 27.9 Å². The number of rotatable bonds is 61. The third kappa shape index (κ3) is 58.6. The van der Waals surface area contributed by atoms with E-state index >= 15 is 0 Å². The number of esters is 1. The molecule has 10 heteroatoms. The molecule has 0 heterocycles. The number of amides is 1. The molecule has 0 fully saturated rings. The van der Waals surface area contributed by atoms with Gasteiger partial charge in [-0.1, -0.05) is 288 Å². The van der Waals surface area contributed by atoms with Crippen molar-refractivity contribution in [3.63, 3.8) is 0 Å². The van der Waals surface area contributed by atoms with E-state index in [1.165, 1.54) is 218 Å². The molecule has 3 atom stereocenters. The average molecular weight is 1120 g/mol. The van der Waals surface area contributed by atoms with Crippen molar-refractivity contribution in [1.82, 2.24) is 5.32 Å². The van der Waals surface area contributed by atoms with Gasteiger partial charge in [0.15, 0.2) is 0 Å². The first-order valence-electron chi connectivity index (χ1n) is 33.5. The summed E-state index contributed by atoms with van der Waals surface area (Å²) in [6.45, 7) is 7.02. The second-order valence-electron chi connectivity index (χ2n) is 24.0. The van der Waals surface area contributed by atoms with Gasteiger partial charge in [0.2, 0.25) is 5.91 Å². The number of nitrogens with one attached hydrogen (secondary N) is 1. The van der Waals surface area contributed by atoms with Gasteiger partial charge in [-0.25, -0.2) is 4.57 Å². The van der Waals surface area contributed by atoms with Crippen LogP contribution in [0, 0.1) is 0 Å². The van der Waals surface area contributed by atoms with Crippen LogP contribution in [0.4, 0.5) is 0 Å². The molecule has 0 bridgehead atoms. The van der Waals surface area contributed by atoms with E-state index in [9.17, 15) is 19.0 Å². The third-order valence-corrected chi connectivity index (χ3v) is 16.0. The Balaban J connectivity index is 5.10. The van der Waals surface area contributed by atoms with Crippen molar-refractivity contribution in [1.29, 1.82) is 0 Å². The zero-order valence-corrected chi connectivity index (χ0v) is 53.3. The van der Waals surface area contributed by atoms with E-state index in [2.05, 4.69) is 62.5 Å². The Kier molecular flexibility index (Phi) is 56.7. The number of ether oxygens (including phenoxy) is 1. The van der Waals surface area contributed by atoms with Crippen LogP contribution in [-0.4, -0.2) is 74.3 Å². The van der Waals surface area contributed by atoms with Crippen LogP contribution in [0.1, 0.15) is 323 Å². The Morgan fingerprint density at radius 1 is 0.449 bits per heavy atom. The number of carbonyl (C=O) groups excluding carboxylic acids is 2. The predicted octanol–water partition coefficient (Wildman–Crippen LogP) is 20.8. The topological polar surface area (TPSA) is 111 Å². The van der Waals surface area contributed by atoms with Gasteiger partial charge in [0.05, 0.1) is 33.8 Å². The van der Waals surface area contributed by atoms with Crippen LogP contribution < -0.4 is 5.32 Å². The smallest absolute Gasteiger partial charge is 0.456 e. The molecular formula is C68H130N2O7P+. The summed E-state index contributed by atoms with van der Waals surface area (Å²) in [6, 6.07) is -0.847. The maximum absolute atomic E-state index is 13.6. The number of hydrogen-bond acceptors (Lipinski definition) is 6. The molecule has 0 radical (unpaired) electrons. The lowest BCUT2D eigenvalue weighted by Crippen LogP contribution is -2.47. The molecule has 0 aromatic carbocycles. The lowest BCUT2D eigenvalue weighted by atomic mass is 10.0. The monoisotopic (exact) mass is 1120 g/mol. The maximum Gasteiger partial charge on any atom is 0.472 e. The number of carbonyl (C=O) groups is 2. The molecule has 1 amide bonds. The number of phosphoric ester groups is 1. The molecule has 9 nitrogen and oxygen atoms in total. The summed E-state index contributed by atoms with van der Waals surface area (Å²) in [4.78, 5) is 37.8. The summed E-state index contributed by atoms with van der Waals surface area (Å²) in [6.07, 6.45) is 72.5. The van der Waals surface area contributed by atoms with Gasteiger partial charge >= 0.3 is 13.8 Å². The predicted molar refractivity (Wildman–Crippen MR) is 337 cm³/mol. The van der Waals surface area contributed by atoms with Gasteiger partial charge in [-0.05, 0) is 70.3 Å². The molecule has 458 valence electrons. The van der Waals surface area contributed by atoms with Crippen LogP contribution in [0.2, 0.25) is 0 Å².